The number of aromatic nitrogens is 2. The van der Waals surface area contributed by atoms with E-state index in [1.165, 1.54) is 5.56 Å². The largest absolute Gasteiger partial charge is 0.505 e. The Labute approximate surface area is 171 Å². The summed E-state index contributed by atoms with van der Waals surface area (Å²) < 4.78 is 0. The fraction of sp³-hybridized carbons (Fsp3) is 0.200. The van der Waals surface area contributed by atoms with Gasteiger partial charge in [0, 0.05) is 23.3 Å². The molecule has 4 rings (SSSR count). The lowest BCUT2D eigenvalue weighted by molar-refractivity contribution is 0.471. The molecule has 0 spiro atoms. The van der Waals surface area contributed by atoms with Crippen LogP contribution in [0.2, 0.25) is 0 Å². The molecule has 0 fully saturated rings. The van der Waals surface area contributed by atoms with Crippen LogP contribution in [-0.4, -0.2) is 15.1 Å². The van der Waals surface area contributed by atoms with Crippen LogP contribution in [0.15, 0.2) is 79.1 Å². The minimum Gasteiger partial charge on any atom is -0.505 e. The minimum absolute atomic E-state index is 0.0808. The van der Waals surface area contributed by atoms with Gasteiger partial charge in [0.15, 0.2) is 0 Å². The third-order valence-corrected chi connectivity index (χ3v) is 5.16. The second kappa shape index (κ2) is 7.55. The van der Waals surface area contributed by atoms with Crippen LogP contribution in [0.5, 0.6) is 5.75 Å². The van der Waals surface area contributed by atoms with Crippen molar-refractivity contribution in [2.24, 2.45) is 0 Å². The molecule has 0 aliphatic heterocycles. The molecule has 0 bridgehead atoms. The van der Waals surface area contributed by atoms with Crippen LogP contribution in [0.25, 0.3) is 10.9 Å². The van der Waals surface area contributed by atoms with Gasteiger partial charge in [-0.3, -0.25) is 4.98 Å². The van der Waals surface area contributed by atoms with Crippen LogP contribution in [0, 0.1) is 0 Å². The summed E-state index contributed by atoms with van der Waals surface area (Å²) in [5.41, 5.74) is 3.77. The van der Waals surface area contributed by atoms with Crippen molar-refractivity contribution in [3.63, 3.8) is 0 Å². The van der Waals surface area contributed by atoms with E-state index in [2.05, 4.69) is 60.3 Å². The number of phenols is 1. The Kier molecular flexibility index (Phi) is 4.93. The molecule has 0 aliphatic rings. The third kappa shape index (κ3) is 3.92. The first-order valence-corrected chi connectivity index (χ1v) is 9.78. The summed E-state index contributed by atoms with van der Waals surface area (Å²) in [5, 5.41) is 15.4. The highest BCUT2D eigenvalue weighted by Gasteiger charge is 2.21. The fourth-order valence-corrected chi connectivity index (χ4v) is 3.49. The zero-order chi connectivity index (χ0) is 20.4. The highest BCUT2D eigenvalue weighted by Crippen LogP contribution is 2.36. The first-order valence-electron chi connectivity index (χ1n) is 9.78. The van der Waals surface area contributed by atoms with E-state index < -0.39 is 0 Å². The maximum absolute atomic E-state index is 11.0. The van der Waals surface area contributed by atoms with Gasteiger partial charge in [0.05, 0.1) is 6.04 Å². The smallest absolute Gasteiger partial charge is 0.147 e. The molecule has 0 saturated carbocycles. The summed E-state index contributed by atoms with van der Waals surface area (Å²) in [5.74, 6) is 0.939. The van der Waals surface area contributed by atoms with E-state index in [-0.39, 0.29) is 17.2 Å². The van der Waals surface area contributed by atoms with E-state index in [4.69, 9.17) is 0 Å². The molecule has 2 aromatic heterocycles. The topological polar surface area (TPSA) is 58.0 Å². The highest BCUT2D eigenvalue weighted by molar-refractivity contribution is 5.86. The lowest BCUT2D eigenvalue weighted by atomic mass is 9.85. The maximum atomic E-state index is 11.0. The molecule has 1 atom stereocenters. The molecule has 2 N–H and O–H groups in total. The molecule has 4 aromatic rings. The van der Waals surface area contributed by atoms with E-state index >= 15 is 0 Å². The first kappa shape index (κ1) is 18.9. The van der Waals surface area contributed by atoms with Gasteiger partial charge in [0.2, 0.25) is 0 Å². The maximum Gasteiger partial charge on any atom is 0.147 e. The van der Waals surface area contributed by atoms with Crippen molar-refractivity contribution in [1.82, 2.24) is 9.97 Å². The van der Waals surface area contributed by atoms with Crippen molar-refractivity contribution in [2.75, 3.05) is 5.32 Å². The van der Waals surface area contributed by atoms with E-state index in [0.717, 1.165) is 22.3 Å². The van der Waals surface area contributed by atoms with Gasteiger partial charge in [-0.2, -0.15) is 0 Å². The summed E-state index contributed by atoms with van der Waals surface area (Å²) in [6.07, 6.45) is 3.45. The van der Waals surface area contributed by atoms with Gasteiger partial charge in [0.1, 0.15) is 17.1 Å². The Balaban J connectivity index is 1.82. The summed E-state index contributed by atoms with van der Waals surface area (Å²) in [6.45, 7) is 6.60. The number of rotatable bonds is 4. The number of benzene rings is 2. The predicted octanol–water partition coefficient (Wildman–Crippen LogP) is 5.83. The first-order chi connectivity index (χ1) is 13.9. The number of hydrogen-bond acceptors (Lipinski definition) is 4. The molecule has 0 saturated heterocycles. The molecule has 146 valence electrons. The highest BCUT2D eigenvalue weighted by atomic mass is 16.3. The molecule has 0 unspecified atom stereocenters. The van der Waals surface area contributed by atoms with Gasteiger partial charge >= 0.3 is 0 Å². The number of nitrogens with zero attached hydrogens (tertiary/aromatic N) is 2. The quantitative estimate of drug-likeness (QED) is 0.465. The van der Waals surface area contributed by atoms with Crippen LogP contribution in [0.3, 0.4) is 0 Å². The van der Waals surface area contributed by atoms with Crippen molar-refractivity contribution in [3.8, 4) is 5.75 Å². The van der Waals surface area contributed by atoms with E-state index in [1.807, 2.05) is 42.5 Å². The lowest BCUT2D eigenvalue weighted by Crippen LogP contribution is -2.15. The molecule has 0 aliphatic carbocycles. The zero-order valence-corrected chi connectivity index (χ0v) is 16.9. The molecule has 4 heteroatoms. The van der Waals surface area contributed by atoms with Crippen molar-refractivity contribution in [2.45, 2.75) is 32.2 Å². The Morgan fingerprint density at radius 3 is 2.28 bits per heavy atom. The molecule has 2 heterocycles. The molecule has 2 aromatic carbocycles. The van der Waals surface area contributed by atoms with Gasteiger partial charge in [-0.1, -0.05) is 69.3 Å². The SMILES string of the molecule is CC(C)(C)c1ccc([C@@H](Nc2ccccn2)c2ccc3cccnc3c2O)cc1. The van der Waals surface area contributed by atoms with Crippen LogP contribution in [0.4, 0.5) is 5.82 Å². The standard InChI is InChI=1S/C25H25N3O/c1-25(2,3)19-12-9-18(10-13-19)22(28-21-8-4-5-15-26-21)20-14-11-17-7-6-16-27-23(17)24(20)29/h4-16,22,29H,1-3H3,(H,26,28)/t22-/m1/s1. The number of hydrogen-bond donors (Lipinski definition) is 2. The van der Waals surface area contributed by atoms with E-state index in [1.54, 1.807) is 12.4 Å². The van der Waals surface area contributed by atoms with Crippen LogP contribution in [-0.2, 0) is 5.41 Å². The molecular weight excluding hydrogens is 358 g/mol. The number of nitrogens with one attached hydrogen (secondary N) is 1. The predicted molar refractivity (Wildman–Crippen MR) is 118 cm³/mol. The number of fused-ring (bicyclic) bond motifs is 1. The van der Waals surface area contributed by atoms with Gasteiger partial charge in [-0.05, 0) is 34.7 Å². The Hall–Kier alpha value is -3.40. The number of phenolic OH excluding ortho intramolecular Hbond substituents is 1. The molecule has 0 amide bonds. The molecule has 0 radical (unpaired) electrons. The fourth-order valence-electron chi connectivity index (χ4n) is 3.49. The average Bonchev–Trinajstić information content (AvgIpc) is 2.73. The van der Waals surface area contributed by atoms with Crippen LogP contribution >= 0.6 is 0 Å². The van der Waals surface area contributed by atoms with Crippen molar-refractivity contribution >= 4 is 16.7 Å². The Morgan fingerprint density at radius 2 is 1.59 bits per heavy atom. The van der Waals surface area contributed by atoms with Gasteiger partial charge in [-0.25, -0.2) is 4.98 Å². The zero-order valence-electron chi connectivity index (χ0n) is 16.9. The summed E-state index contributed by atoms with van der Waals surface area (Å²) >= 11 is 0. The lowest BCUT2D eigenvalue weighted by Gasteiger charge is -2.24. The number of anilines is 1. The minimum atomic E-state index is -0.259. The molecule has 29 heavy (non-hydrogen) atoms. The van der Waals surface area contributed by atoms with Gasteiger partial charge < -0.3 is 10.4 Å². The Morgan fingerprint density at radius 1 is 0.828 bits per heavy atom. The van der Waals surface area contributed by atoms with Crippen molar-refractivity contribution in [3.05, 3.63) is 95.8 Å². The Bertz CT molecular complexity index is 1120. The number of pyridine rings is 2. The van der Waals surface area contributed by atoms with E-state index in [9.17, 15) is 5.11 Å². The van der Waals surface area contributed by atoms with Gasteiger partial charge in [-0.15, -0.1) is 0 Å². The monoisotopic (exact) mass is 383 g/mol. The van der Waals surface area contributed by atoms with E-state index in [0.29, 0.717) is 5.52 Å². The van der Waals surface area contributed by atoms with Crippen LogP contribution < -0.4 is 5.32 Å². The summed E-state index contributed by atoms with van der Waals surface area (Å²) in [4.78, 5) is 8.79. The number of aromatic hydroxyl groups is 1. The van der Waals surface area contributed by atoms with Gasteiger partial charge in [0.25, 0.3) is 0 Å². The van der Waals surface area contributed by atoms with Crippen molar-refractivity contribution in [1.29, 1.82) is 0 Å². The summed E-state index contributed by atoms with van der Waals surface area (Å²) in [6, 6.07) is 21.8. The second-order valence-corrected chi connectivity index (χ2v) is 8.24. The second-order valence-electron chi connectivity index (χ2n) is 8.24. The average molecular weight is 383 g/mol. The van der Waals surface area contributed by atoms with Crippen molar-refractivity contribution < 1.29 is 5.11 Å². The molecular formula is C25H25N3O. The molecule has 4 nitrogen and oxygen atoms in total. The normalized spacial score (nSPS) is 12.7. The van der Waals surface area contributed by atoms with Crippen LogP contribution in [0.1, 0.15) is 43.5 Å². The summed E-state index contributed by atoms with van der Waals surface area (Å²) in [7, 11) is 0. The third-order valence-electron chi connectivity index (χ3n) is 5.16.